The Hall–Kier alpha value is -1.38. The van der Waals surface area contributed by atoms with Crippen molar-refractivity contribution >= 4 is 11.6 Å². The van der Waals surface area contributed by atoms with E-state index in [1.807, 2.05) is 6.07 Å². The summed E-state index contributed by atoms with van der Waals surface area (Å²) in [5.74, 6) is 0.999. The lowest BCUT2D eigenvalue weighted by molar-refractivity contribution is 0.101. The number of anilines is 1. The van der Waals surface area contributed by atoms with Crippen molar-refractivity contribution in [2.75, 3.05) is 18.0 Å². The van der Waals surface area contributed by atoms with E-state index < -0.39 is 0 Å². The predicted octanol–water partition coefficient (Wildman–Crippen LogP) is 2.91. The highest BCUT2D eigenvalue weighted by atomic mass is 16.1. The highest BCUT2D eigenvalue weighted by Gasteiger charge is 2.07. The maximum atomic E-state index is 11.3. The molecule has 0 bridgehead atoms. The molecule has 0 unspecified atom stereocenters. The summed E-state index contributed by atoms with van der Waals surface area (Å²) in [6.45, 7) is 7.79. The van der Waals surface area contributed by atoms with E-state index in [-0.39, 0.29) is 5.78 Å². The molecule has 88 valence electrons. The Morgan fingerprint density at radius 2 is 2.19 bits per heavy atom. The van der Waals surface area contributed by atoms with E-state index in [0.717, 1.165) is 30.9 Å². The maximum absolute atomic E-state index is 11.3. The van der Waals surface area contributed by atoms with Gasteiger partial charge in [-0.2, -0.15) is 0 Å². The number of unbranched alkanes of at least 4 members (excludes halogenated alkanes) is 1. The number of pyridine rings is 1. The Labute approximate surface area is 97.5 Å². The number of carbonyl (C=O) groups is 1. The van der Waals surface area contributed by atoms with Crippen molar-refractivity contribution < 1.29 is 4.79 Å². The van der Waals surface area contributed by atoms with Gasteiger partial charge in [0.2, 0.25) is 0 Å². The molecule has 0 radical (unpaired) electrons. The van der Waals surface area contributed by atoms with Crippen LogP contribution in [0.25, 0.3) is 0 Å². The second-order valence-corrected chi connectivity index (χ2v) is 3.89. The molecule has 0 saturated heterocycles. The minimum atomic E-state index is 0.0928. The molecule has 0 N–H and O–H groups in total. The van der Waals surface area contributed by atoms with E-state index in [4.69, 9.17) is 0 Å². The fraction of sp³-hybridized carbons (Fsp3) is 0.538. The van der Waals surface area contributed by atoms with Crippen molar-refractivity contribution in [1.29, 1.82) is 0 Å². The maximum Gasteiger partial charge on any atom is 0.159 e. The quantitative estimate of drug-likeness (QED) is 0.691. The first-order valence-electron chi connectivity index (χ1n) is 5.91. The van der Waals surface area contributed by atoms with Gasteiger partial charge in [-0.15, -0.1) is 0 Å². The molecule has 0 amide bonds. The highest BCUT2D eigenvalue weighted by Crippen LogP contribution is 2.13. The minimum Gasteiger partial charge on any atom is -0.357 e. The van der Waals surface area contributed by atoms with Crippen molar-refractivity contribution in [3.63, 3.8) is 0 Å². The van der Waals surface area contributed by atoms with Crippen molar-refractivity contribution in [1.82, 2.24) is 4.98 Å². The zero-order valence-electron chi connectivity index (χ0n) is 10.4. The number of rotatable bonds is 6. The topological polar surface area (TPSA) is 33.2 Å². The van der Waals surface area contributed by atoms with E-state index in [2.05, 4.69) is 23.7 Å². The first kappa shape index (κ1) is 12.7. The highest BCUT2D eigenvalue weighted by molar-refractivity contribution is 5.94. The van der Waals surface area contributed by atoms with Crippen LogP contribution in [0.3, 0.4) is 0 Å². The summed E-state index contributed by atoms with van der Waals surface area (Å²) in [4.78, 5) is 17.8. The molecule has 3 heteroatoms. The lowest BCUT2D eigenvalue weighted by Crippen LogP contribution is -2.25. The van der Waals surface area contributed by atoms with Crippen molar-refractivity contribution in [2.24, 2.45) is 0 Å². The summed E-state index contributed by atoms with van der Waals surface area (Å²) in [5, 5.41) is 0. The van der Waals surface area contributed by atoms with Crippen molar-refractivity contribution in [3.05, 3.63) is 23.9 Å². The monoisotopic (exact) mass is 220 g/mol. The molecule has 1 aromatic rings. The molecule has 3 nitrogen and oxygen atoms in total. The Morgan fingerprint density at radius 3 is 2.75 bits per heavy atom. The Kier molecular flexibility index (Phi) is 4.96. The van der Waals surface area contributed by atoms with E-state index in [1.165, 1.54) is 6.42 Å². The summed E-state index contributed by atoms with van der Waals surface area (Å²) >= 11 is 0. The summed E-state index contributed by atoms with van der Waals surface area (Å²) < 4.78 is 0. The third-order valence-corrected chi connectivity index (χ3v) is 2.64. The van der Waals surface area contributed by atoms with Crippen LogP contribution in [0, 0.1) is 0 Å². The lowest BCUT2D eigenvalue weighted by atomic mass is 10.2. The van der Waals surface area contributed by atoms with Gasteiger partial charge < -0.3 is 4.90 Å². The Morgan fingerprint density at radius 1 is 1.44 bits per heavy atom. The molecule has 16 heavy (non-hydrogen) atoms. The molecule has 0 fully saturated rings. The Bertz CT molecular complexity index is 350. The normalized spacial score (nSPS) is 10.2. The van der Waals surface area contributed by atoms with Gasteiger partial charge in [-0.1, -0.05) is 13.3 Å². The van der Waals surface area contributed by atoms with E-state index in [0.29, 0.717) is 0 Å². The van der Waals surface area contributed by atoms with Crippen molar-refractivity contribution in [3.8, 4) is 0 Å². The summed E-state index contributed by atoms with van der Waals surface area (Å²) in [6.07, 6.45) is 4.03. The van der Waals surface area contributed by atoms with E-state index in [1.54, 1.807) is 19.2 Å². The molecule has 0 aliphatic heterocycles. The molecular formula is C13H20N2O. The molecule has 0 aliphatic carbocycles. The van der Waals surface area contributed by atoms with Gasteiger partial charge in [-0.3, -0.25) is 4.79 Å². The molecule has 1 aromatic heterocycles. The van der Waals surface area contributed by atoms with E-state index >= 15 is 0 Å². The fourth-order valence-corrected chi connectivity index (χ4v) is 1.59. The second-order valence-electron chi connectivity index (χ2n) is 3.89. The van der Waals surface area contributed by atoms with Crippen LogP contribution in [0.2, 0.25) is 0 Å². The van der Waals surface area contributed by atoms with Crippen molar-refractivity contribution in [2.45, 2.75) is 33.6 Å². The third-order valence-electron chi connectivity index (χ3n) is 2.64. The van der Waals surface area contributed by atoms with Crippen LogP contribution in [0.5, 0.6) is 0 Å². The third kappa shape index (κ3) is 3.33. The van der Waals surface area contributed by atoms with Crippen LogP contribution in [0.1, 0.15) is 44.0 Å². The van der Waals surface area contributed by atoms with Crippen LogP contribution in [0.4, 0.5) is 5.82 Å². The molecule has 0 aliphatic rings. The predicted molar refractivity (Wildman–Crippen MR) is 67.0 cm³/mol. The number of aromatic nitrogens is 1. The van der Waals surface area contributed by atoms with Crippen LogP contribution in [-0.2, 0) is 0 Å². The lowest BCUT2D eigenvalue weighted by Gasteiger charge is -2.21. The fourth-order valence-electron chi connectivity index (χ4n) is 1.59. The first-order valence-corrected chi connectivity index (χ1v) is 5.91. The molecule has 0 spiro atoms. The molecule has 1 rings (SSSR count). The van der Waals surface area contributed by atoms with Gasteiger partial charge in [-0.05, 0) is 32.4 Å². The zero-order valence-corrected chi connectivity index (χ0v) is 10.4. The Balaban J connectivity index is 2.83. The van der Waals surface area contributed by atoms with E-state index in [9.17, 15) is 4.79 Å². The number of nitrogens with zero attached hydrogens (tertiary/aromatic N) is 2. The smallest absolute Gasteiger partial charge is 0.159 e. The summed E-state index contributed by atoms with van der Waals surface area (Å²) in [7, 11) is 0. The standard InChI is InChI=1S/C13H20N2O/c1-4-6-9-15(5-2)13-10-12(11(3)16)7-8-14-13/h7-8,10H,4-6,9H2,1-3H3. The van der Waals surface area contributed by atoms with Crippen LogP contribution in [0.15, 0.2) is 18.3 Å². The van der Waals surface area contributed by atoms with Gasteiger partial charge in [0, 0.05) is 24.8 Å². The van der Waals surface area contributed by atoms with Gasteiger partial charge in [-0.25, -0.2) is 4.98 Å². The average molecular weight is 220 g/mol. The minimum absolute atomic E-state index is 0.0928. The number of ketones is 1. The van der Waals surface area contributed by atoms with Gasteiger partial charge >= 0.3 is 0 Å². The molecule has 1 heterocycles. The molecular weight excluding hydrogens is 200 g/mol. The number of Topliss-reactive ketones (excluding diaryl/α,β-unsaturated/α-hetero) is 1. The second kappa shape index (κ2) is 6.26. The summed E-state index contributed by atoms with van der Waals surface area (Å²) in [5.41, 5.74) is 0.736. The van der Waals surface area contributed by atoms with Crippen LogP contribution < -0.4 is 4.90 Å². The first-order chi connectivity index (χ1) is 7.69. The molecule has 0 saturated carbocycles. The number of hydrogen-bond donors (Lipinski definition) is 0. The van der Waals surface area contributed by atoms with Gasteiger partial charge in [0.25, 0.3) is 0 Å². The number of carbonyl (C=O) groups excluding carboxylic acids is 1. The van der Waals surface area contributed by atoms with Crippen LogP contribution in [-0.4, -0.2) is 23.9 Å². The van der Waals surface area contributed by atoms with Gasteiger partial charge in [0.05, 0.1) is 0 Å². The van der Waals surface area contributed by atoms with Gasteiger partial charge in [0.15, 0.2) is 5.78 Å². The largest absolute Gasteiger partial charge is 0.357 e. The molecule has 0 atom stereocenters. The van der Waals surface area contributed by atoms with Crippen LogP contribution >= 0.6 is 0 Å². The molecule has 0 aromatic carbocycles. The average Bonchev–Trinajstić information content (AvgIpc) is 2.30. The SMILES string of the molecule is CCCCN(CC)c1cc(C(C)=O)ccn1. The number of hydrogen-bond acceptors (Lipinski definition) is 3. The zero-order chi connectivity index (χ0) is 12.0. The van der Waals surface area contributed by atoms with Gasteiger partial charge in [0.1, 0.15) is 5.82 Å². The summed E-state index contributed by atoms with van der Waals surface area (Å²) in [6, 6.07) is 3.64.